The summed E-state index contributed by atoms with van der Waals surface area (Å²) in [6, 6.07) is 4.41. The van der Waals surface area contributed by atoms with Gasteiger partial charge >= 0.3 is 0 Å². The van der Waals surface area contributed by atoms with E-state index in [-0.39, 0.29) is 15.8 Å². The minimum atomic E-state index is -3.68. The average Bonchev–Trinajstić information content (AvgIpc) is 3.19. The summed E-state index contributed by atoms with van der Waals surface area (Å²) < 4.78 is 26.0. The lowest BCUT2D eigenvalue weighted by Crippen LogP contribution is -2.35. The Hall–Kier alpha value is -0.530. The van der Waals surface area contributed by atoms with Crippen LogP contribution in [0.15, 0.2) is 23.1 Å². The molecule has 24 heavy (non-hydrogen) atoms. The average molecular weight is 412 g/mol. The molecule has 1 aromatic rings. The van der Waals surface area contributed by atoms with Gasteiger partial charge in [0, 0.05) is 18.8 Å². The minimum Gasteiger partial charge on any atom is -0.326 e. The van der Waals surface area contributed by atoms with Crippen molar-refractivity contribution in [2.75, 3.05) is 18.4 Å². The summed E-state index contributed by atoms with van der Waals surface area (Å²) in [5.41, 5.74) is 0.357. The molecule has 1 aliphatic heterocycles. The van der Waals surface area contributed by atoms with Gasteiger partial charge in [-0.3, -0.25) is 4.79 Å². The summed E-state index contributed by atoms with van der Waals surface area (Å²) in [6.45, 7) is 0.969. The second-order valence-electron chi connectivity index (χ2n) is 6.12. The normalized spacial score (nSPS) is 23.7. The number of sulfonamides is 1. The van der Waals surface area contributed by atoms with Crippen molar-refractivity contribution >= 4 is 56.4 Å². The van der Waals surface area contributed by atoms with Crippen LogP contribution in [0, 0.1) is 5.92 Å². The van der Waals surface area contributed by atoms with E-state index in [4.69, 9.17) is 34.8 Å². The highest BCUT2D eigenvalue weighted by Crippen LogP contribution is 2.53. The fraction of sp³-hybridized carbons (Fsp3) is 0.533. The van der Waals surface area contributed by atoms with Crippen molar-refractivity contribution in [2.24, 2.45) is 5.92 Å². The van der Waals surface area contributed by atoms with E-state index in [0.29, 0.717) is 25.2 Å². The number of anilines is 1. The number of piperidine rings is 1. The SMILES string of the molecule is O=C(Nc1ccc(Cl)c(S(=O)(=O)N2CCCCC2)c1)[C@H]1CC1(Cl)Cl. The highest BCUT2D eigenvalue weighted by Gasteiger charge is 2.56. The Morgan fingerprint density at radius 3 is 2.42 bits per heavy atom. The van der Waals surface area contributed by atoms with Crippen LogP contribution >= 0.6 is 34.8 Å². The zero-order valence-corrected chi connectivity index (χ0v) is 15.9. The standard InChI is InChI=1S/C15H17Cl3N2O3S/c16-12-5-4-10(19-14(21)11-9-15(11,17)18)8-13(12)24(22,23)20-6-2-1-3-7-20/h4-5,8,11H,1-3,6-7,9H2,(H,19,21)/t11-/m1/s1. The fourth-order valence-corrected chi connectivity index (χ4v) is 5.27. The summed E-state index contributed by atoms with van der Waals surface area (Å²) in [4.78, 5) is 12.1. The number of amides is 1. The number of hydrogen-bond acceptors (Lipinski definition) is 3. The maximum absolute atomic E-state index is 12.8. The van der Waals surface area contributed by atoms with Gasteiger partial charge in [-0.1, -0.05) is 18.0 Å². The number of rotatable bonds is 4. The number of hydrogen-bond donors (Lipinski definition) is 1. The van der Waals surface area contributed by atoms with Crippen LogP contribution in [0.4, 0.5) is 5.69 Å². The van der Waals surface area contributed by atoms with Gasteiger partial charge in [0.05, 0.1) is 10.9 Å². The van der Waals surface area contributed by atoms with Crippen LogP contribution in [-0.2, 0) is 14.8 Å². The van der Waals surface area contributed by atoms with Crippen molar-refractivity contribution < 1.29 is 13.2 Å². The summed E-state index contributed by atoms with van der Waals surface area (Å²) in [5, 5.41) is 2.79. The molecule has 0 bridgehead atoms. The summed E-state index contributed by atoms with van der Waals surface area (Å²) in [7, 11) is -3.68. The molecule has 1 aliphatic carbocycles. The van der Waals surface area contributed by atoms with Gasteiger partial charge in [0.1, 0.15) is 9.23 Å². The first-order valence-corrected chi connectivity index (χ1v) is 10.3. The number of halogens is 3. The van der Waals surface area contributed by atoms with E-state index in [0.717, 1.165) is 19.3 Å². The molecule has 1 atom stereocenters. The Kier molecular flexibility index (Phi) is 5.06. The molecule has 1 aromatic carbocycles. The molecular formula is C15H17Cl3N2O3S. The lowest BCUT2D eigenvalue weighted by atomic mass is 10.2. The van der Waals surface area contributed by atoms with E-state index in [1.807, 2.05) is 0 Å². The number of carbonyl (C=O) groups is 1. The molecule has 1 saturated heterocycles. The molecule has 2 fully saturated rings. The Morgan fingerprint density at radius 2 is 1.83 bits per heavy atom. The maximum atomic E-state index is 12.8. The molecule has 5 nitrogen and oxygen atoms in total. The molecule has 132 valence electrons. The third-order valence-corrected chi connectivity index (χ3v) is 7.49. The van der Waals surface area contributed by atoms with E-state index in [1.165, 1.54) is 16.4 Å². The van der Waals surface area contributed by atoms with Gasteiger partial charge in [-0.05, 0) is 37.5 Å². The van der Waals surface area contributed by atoms with Gasteiger partial charge in [0.15, 0.2) is 0 Å². The molecule has 0 unspecified atom stereocenters. The lowest BCUT2D eigenvalue weighted by molar-refractivity contribution is -0.117. The van der Waals surface area contributed by atoms with E-state index in [2.05, 4.69) is 5.32 Å². The van der Waals surface area contributed by atoms with E-state index in [9.17, 15) is 13.2 Å². The van der Waals surface area contributed by atoms with Crippen molar-refractivity contribution in [3.05, 3.63) is 23.2 Å². The van der Waals surface area contributed by atoms with Crippen molar-refractivity contribution in [2.45, 2.75) is 34.9 Å². The predicted octanol–water partition coefficient (Wildman–Crippen LogP) is 3.65. The molecule has 9 heteroatoms. The van der Waals surface area contributed by atoms with Crippen LogP contribution < -0.4 is 5.32 Å². The number of alkyl halides is 2. The van der Waals surface area contributed by atoms with Crippen LogP contribution in [0.1, 0.15) is 25.7 Å². The smallest absolute Gasteiger partial charge is 0.244 e. The first-order chi connectivity index (χ1) is 11.2. The minimum absolute atomic E-state index is 0.00248. The Balaban J connectivity index is 1.82. The number of nitrogens with zero attached hydrogens (tertiary/aromatic N) is 1. The largest absolute Gasteiger partial charge is 0.326 e. The zero-order chi connectivity index (χ0) is 17.5. The predicted molar refractivity (Wildman–Crippen MR) is 95.2 cm³/mol. The van der Waals surface area contributed by atoms with Gasteiger partial charge in [0.2, 0.25) is 15.9 Å². The molecule has 0 spiro atoms. The Bertz CT molecular complexity index is 761. The third kappa shape index (κ3) is 3.68. The van der Waals surface area contributed by atoms with Crippen molar-refractivity contribution in [3.8, 4) is 0 Å². The van der Waals surface area contributed by atoms with Gasteiger partial charge in [0.25, 0.3) is 0 Å². The molecule has 0 aromatic heterocycles. The van der Waals surface area contributed by atoms with E-state index < -0.39 is 20.3 Å². The molecule has 1 amide bonds. The third-order valence-electron chi connectivity index (χ3n) is 4.27. The molecule has 3 rings (SSSR count). The van der Waals surface area contributed by atoms with Crippen LogP contribution in [0.5, 0.6) is 0 Å². The van der Waals surface area contributed by atoms with Gasteiger partial charge in [-0.2, -0.15) is 4.31 Å². The quantitative estimate of drug-likeness (QED) is 0.769. The second-order valence-corrected chi connectivity index (χ2v) is 9.97. The summed E-state index contributed by atoms with van der Waals surface area (Å²) in [5.74, 6) is -0.817. The number of benzene rings is 1. The van der Waals surface area contributed by atoms with Crippen molar-refractivity contribution in [1.29, 1.82) is 0 Å². The van der Waals surface area contributed by atoms with E-state index >= 15 is 0 Å². The van der Waals surface area contributed by atoms with Crippen LogP contribution in [0.2, 0.25) is 5.02 Å². The molecular weight excluding hydrogens is 395 g/mol. The topological polar surface area (TPSA) is 66.5 Å². The Morgan fingerprint density at radius 1 is 1.21 bits per heavy atom. The first-order valence-electron chi connectivity index (χ1n) is 7.70. The number of carbonyl (C=O) groups excluding carboxylic acids is 1. The van der Waals surface area contributed by atoms with Crippen LogP contribution in [0.3, 0.4) is 0 Å². The second kappa shape index (κ2) is 6.65. The molecule has 1 saturated carbocycles. The molecule has 1 N–H and O–H groups in total. The highest BCUT2D eigenvalue weighted by molar-refractivity contribution is 7.89. The molecule has 1 heterocycles. The van der Waals surface area contributed by atoms with Gasteiger partial charge in [-0.25, -0.2) is 8.42 Å². The van der Waals surface area contributed by atoms with Crippen LogP contribution in [0.25, 0.3) is 0 Å². The lowest BCUT2D eigenvalue weighted by Gasteiger charge is -2.26. The Labute approximate surface area is 156 Å². The molecule has 0 radical (unpaired) electrons. The van der Waals surface area contributed by atoms with Crippen LogP contribution in [-0.4, -0.2) is 36.1 Å². The van der Waals surface area contributed by atoms with E-state index in [1.54, 1.807) is 6.07 Å². The maximum Gasteiger partial charge on any atom is 0.244 e. The van der Waals surface area contributed by atoms with Gasteiger partial charge < -0.3 is 5.32 Å². The zero-order valence-electron chi connectivity index (χ0n) is 12.8. The summed E-state index contributed by atoms with van der Waals surface area (Å²) >= 11 is 17.9. The van der Waals surface area contributed by atoms with Gasteiger partial charge in [-0.15, -0.1) is 23.2 Å². The highest BCUT2D eigenvalue weighted by atomic mass is 35.5. The number of nitrogens with one attached hydrogen (secondary N) is 1. The van der Waals surface area contributed by atoms with Crippen molar-refractivity contribution in [3.63, 3.8) is 0 Å². The molecule has 2 aliphatic rings. The monoisotopic (exact) mass is 410 g/mol. The first kappa shape index (κ1) is 18.3. The van der Waals surface area contributed by atoms with Crippen molar-refractivity contribution in [1.82, 2.24) is 4.31 Å². The summed E-state index contributed by atoms with van der Waals surface area (Å²) in [6.07, 6.45) is 3.08. The fourth-order valence-electron chi connectivity index (χ4n) is 2.75.